The van der Waals surface area contributed by atoms with Crippen LogP contribution in [0.4, 0.5) is 0 Å². The highest BCUT2D eigenvalue weighted by molar-refractivity contribution is 6.23. The first-order chi connectivity index (χ1) is 30.7. The van der Waals surface area contributed by atoms with Crippen molar-refractivity contribution in [1.82, 2.24) is 24.1 Å². The molecule has 3 heterocycles. The summed E-state index contributed by atoms with van der Waals surface area (Å²) in [5, 5.41) is 4.58. The molecule has 0 fully saturated rings. The third-order valence-corrected chi connectivity index (χ3v) is 12.0. The Bertz CT molecular complexity index is 3620. The number of para-hydroxylation sites is 2. The van der Waals surface area contributed by atoms with Crippen molar-refractivity contribution in [3.8, 4) is 67.8 Å². The molecule has 0 aliphatic heterocycles. The number of nitrogens with zero attached hydrogens (tertiary/aromatic N) is 5. The molecule has 0 saturated carbocycles. The van der Waals surface area contributed by atoms with Crippen LogP contribution < -0.4 is 0 Å². The van der Waals surface area contributed by atoms with Crippen molar-refractivity contribution < 1.29 is 0 Å². The summed E-state index contributed by atoms with van der Waals surface area (Å²) < 4.78 is 4.69. The van der Waals surface area contributed by atoms with Gasteiger partial charge < -0.3 is 4.57 Å². The van der Waals surface area contributed by atoms with E-state index in [0.717, 1.165) is 77.3 Å². The van der Waals surface area contributed by atoms with E-state index in [1.54, 1.807) is 0 Å². The van der Waals surface area contributed by atoms with Crippen LogP contribution in [0.3, 0.4) is 0 Å². The molecule has 0 saturated heterocycles. The van der Waals surface area contributed by atoms with Gasteiger partial charge >= 0.3 is 0 Å². The van der Waals surface area contributed by atoms with Crippen LogP contribution in [0, 0.1) is 0 Å². The van der Waals surface area contributed by atoms with Gasteiger partial charge in [0.2, 0.25) is 5.95 Å². The molecule has 0 N–H and O–H groups in total. The molecule has 0 amide bonds. The third kappa shape index (κ3) is 5.98. The summed E-state index contributed by atoms with van der Waals surface area (Å²) in [7, 11) is 0. The lowest BCUT2D eigenvalue weighted by molar-refractivity contribution is 0.953. The van der Waals surface area contributed by atoms with Gasteiger partial charge in [-0.15, -0.1) is 0 Å². The average Bonchev–Trinajstić information content (AvgIpc) is 3.88. The van der Waals surface area contributed by atoms with Gasteiger partial charge in [-0.25, -0.2) is 4.98 Å². The molecule has 290 valence electrons. The summed E-state index contributed by atoms with van der Waals surface area (Å²) in [5.41, 5.74) is 14.1. The van der Waals surface area contributed by atoms with Gasteiger partial charge in [0.1, 0.15) is 0 Å². The molecular weight excluding hydrogens is 755 g/mol. The van der Waals surface area contributed by atoms with Crippen LogP contribution >= 0.6 is 0 Å². The van der Waals surface area contributed by atoms with E-state index in [2.05, 4.69) is 209 Å². The largest absolute Gasteiger partial charge is 0.307 e. The molecule has 0 aliphatic rings. The molecule has 0 radical (unpaired) electrons. The van der Waals surface area contributed by atoms with E-state index in [-0.39, 0.29) is 0 Å². The van der Waals surface area contributed by atoms with Crippen LogP contribution in [-0.4, -0.2) is 24.1 Å². The van der Waals surface area contributed by atoms with Crippen LogP contribution in [0.2, 0.25) is 0 Å². The van der Waals surface area contributed by atoms with E-state index in [4.69, 9.17) is 15.0 Å². The van der Waals surface area contributed by atoms with Crippen LogP contribution in [0.15, 0.2) is 224 Å². The summed E-state index contributed by atoms with van der Waals surface area (Å²) >= 11 is 0. The molecule has 5 heteroatoms. The van der Waals surface area contributed by atoms with E-state index < -0.39 is 0 Å². The van der Waals surface area contributed by atoms with Gasteiger partial charge in [0.15, 0.2) is 11.6 Å². The van der Waals surface area contributed by atoms with Crippen LogP contribution in [0.1, 0.15) is 0 Å². The van der Waals surface area contributed by atoms with Crippen LogP contribution in [-0.2, 0) is 0 Å². The molecule has 12 aromatic rings. The van der Waals surface area contributed by atoms with E-state index in [9.17, 15) is 0 Å². The highest BCUT2D eigenvalue weighted by atomic mass is 15.2. The Labute approximate surface area is 358 Å². The zero-order valence-corrected chi connectivity index (χ0v) is 33.6. The van der Waals surface area contributed by atoms with E-state index in [0.29, 0.717) is 17.6 Å². The van der Waals surface area contributed by atoms with Crippen LogP contribution in [0.5, 0.6) is 0 Å². The highest BCUT2D eigenvalue weighted by Crippen LogP contribution is 2.42. The van der Waals surface area contributed by atoms with Crippen molar-refractivity contribution in [2.45, 2.75) is 0 Å². The predicted octanol–water partition coefficient (Wildman–Crippen LogP) is 14.4. The van der Waals surface area contributed by atoms with E-state index in [1.165, 1.54) is 16.5 Å². The van der Waals surface area contributed by atoms with Gasteiger partial charge in [0.05, 0.1) is 22.1 Å². The maximum Gasteiger partial charge on any atom is 0.238 e. The number of hydrogen-bond donors (Lipinski definition) is 0. The zero-order valence-electron chi connectivity index (χ0n) is 33.6. The third-order valence-electron chi connectivity index (χ3n) is 12.0. The maximum atomic E-state index is 5.39. The lowest BCUT2D eigenvalue weighted by Gasteiger charge is -2.14. The molecule has 62 heavy (non-hydrogen) atoms. The molecule has 0 aliphatic carbocycles. The summed E-state index contributed by atoms with van der Waals surface area (Å²) in [6, 6.07) is 79.3. The highest BCUT2D eigenvalue weighted by Gasteiger charge is 2.24. The standard InChI is InChI=1S/C57H37N5/c1-4-17-38(18-5-1)41-23-14-25-43(35-41)44-26-16-28-46(37-44)61-51-31-12-10-29-47(51)49-33-34-50-48-30-11-13-32-52(48)62(54(50)53(49)61)57-59-55(40-21-8-3-9-22-40)58-56(60-57)45-27-15-24-42(36-45)39-19-6-2-7-20-39/h1-37H. The Kier molecular flexibility index (Phi) is 8.42. The molecule has 0 unspecified atom stereocenters. The van der Waals surface area contributed by atoms with Crippen LogP contribution in [0.25, 0.3) is 111 Å². The minimum atomic E-state index is 0.556. The number of hydrogen-bond acceptors (Lipinski definition) is 3. The molecule has 0 atom stereocenters. The van der Waals surface area contributed by atoms with Gasteiger partial charge in [-0.3, -0.25) is 4.57 Å². The minimum absolute atomic E-state index is 0.556. The number of rotatable bonds is 7. The summed E-state index contributed by atoms with van der Waals surface area (Å²) in [5.74, 6) is 1.77. The molecular formula is C57H37N5. The Morgan fingerprint density at radius 3 is 1.26 bits per heavy atom. The Morgan fingerprint density at radius 2 is 0.661 bits per heavy atom. The van der Waals surface area contributed by atoms with E-state index in [1.807, 2.05) is 24.3 Å². The number of fused-ring (bicyclic) bond motifs is 7. The first kappa shape index (κ1) is 35.5. The lowest BCUT2D eigenvalue weighted by atomic mass is 9.99. The van der Waals surface area contributed by atoms with E-state index >= 15 is 0 Å². The van der Waals surface area contributed by atoms with Gasteiger partial charge in [-0.2, -0.15) is 9.97 Å². The number of aromatic nitrogens is 5. The smallest absolute Gasteiger partial charge is 0.238 e. The fourth-order valence-corrected chi connectivity index (χ4v) is 9.09. The second-order valence-electron chi connectivity index (χ2n) is 15.7. The normalized spacial score (nSPS) is 11.5. The maximum absolute atomic E-state index is 5.39. The van der Waals surface area contributed by atoms with Crippen molar-refractivity contribution >= 4 is 43.6 Å². The summed E-state index contributed by atoms with van der Waals surface area (Å²) in [4.78, 5) is 15.9. The molecule has 0 bridgehead atoms. The predicted molar refractivity (Wildman–Crippen MR) is 256 cm³/mol. The molecule has 0 spiro atoms. The van der Waals surface area contributed by atoms with Crippen molar-refractivity contribution in [3.05, 3.63) is 224 Å². The molecule has 12 rings (SSSR count). The minimum Gasteiger partial charge on any atom is -0.307 e. The topological polar surface area (TPSA) is 48.5 Å². The van der Waals surface area contributed by atoms with Gasteiger partial charge in [0, 0.05) is 38.4 Å². The lowest BCUT2D eigenvalue weighted by Crippen LogP contribution is -2.07. The monoisotopic (exact) mass is 791 g/mol. The average molecular weight is 792 g/mol. The van der Waals surface area contributed by atoms with Crippen molar-refractivity contribution in [2.75, 3.05) is 0 Å². The Balaban J connectivity index is 1.14. The van der Waals surface area contributed by atoms with Crippen molar-refractivity contribution in [2.24, 2.45) is 0 Å². The fraction of sp³-hybridized carbons (Fsp3) is 0. The zero-order chi connectivity index (χ0) is 41.0. The first-order valence-electron chi connectivity index (χ1n) is 20.9. The molecule has 5 nitrogen and oxygen atoms in total. The quantitative estimate of drug-likeness (QED) is 0.162. The summed E-state index contributed by atoms with van der Waals surface area (Å²) in [6.45, 7) is 0. The Hall–Kier alpha value is -8.41. The van der Waals surface area contributed by atoms with Gasteiger partial charge in [-0.05, 0) is 69.8 Å². The Morgan fingerprint density at radius 1 is 0.258 bits per heavy atom. The first-order valence-corrected chi connectivity index (χ1v) is 20.9. The molecule has 3 aromatic heterocycles. The van der Waals surface area contributed by atoms with Gasteiger partial charge in [0.25, 0.3) is 0 Å². The SMILES string of the molecule is c1ccc(-c2cccc(-c3cccc(-n4c5ccccc5c5ccc6c7ccccc7n(-c7nc(-c8ccccc8)nc(-c8cccc(-c9ccccc9)c8)n7)c6c54)c3)c2)cc1. The van der Waals surface area contributed by atoms with Crippen molar-refractivity contribution in [1.29, 1.82) is 0 Å². The molecule has 9 aromatic carbocycles. The number of benzene rings is 9. The van der Waals surface area contributed by atoms with Crippen molar-refractivity contribution in [3.63, 3.8) is 0 Å². The second-order valence-corrected chi connectivity index (χ2v) is 15.7. The summed E-state index contributed by atoms with van der Waals surface area (Å²) in [6.07, 6.45) is 0. The second kappa shape index (κ2) is 14.7. The van der Waals surface area contributed by atoms with Gasteiger partial charge in [-0.1, -0.05) is 188 Å². The fourth-order valence-electron chi connectivity index (χ4n) is 9.09.